The minimum atomic E-state index is -0.763. The van der Waals surface area contributed by atoms with Crippen molar-refractivity contribution in [3.63, 3.8) is 0 Å². The van der Waals surface area contributed by atoms with Gasteiger partial charge in [0.2, 0.25) is 5.91 Å². The molecule has 2 amide bonds. The third kappa shape index (κ3) is 7.41. The van der Waals surface area contributed by atoms with Crippen molar-refractivity contribution >= 4 is 11.8 Å². The zero-order valence-electron chi connectivity index (χ0n) is 21.5. The van der Waals surface area contributed by atoms with E-state index in [4.69, 9.17) is 4.74 Å². The molecule has 2 atom stereocenters. The molecule has 0 aliphatic carbocycles. The van der Waals surface area contributed by atoms with E-state index in [0.29, 0.717) is 12.2 Å². The van der Waals surface area contributed by atoms with E-state index in [2.05, 4.69) is 5.32 Å². The molecule has 190 valence electrons. The molecule has 0 saturated heterocycles. The SMILES string of the molecule is CC[C@H](C)NC(=O)[C@@H](Cc1ccccc1)N(Cc1ccc(F)cc1)C(=O)COc1cccc(C)c1C. The van der Waals surface area contributed by atoms with Crippen molar-refractivity contribution in [1.29, 1.82) is 0 Å². The molecule has 0 radical (unpaired) electrons. The van der Waals surface area contributed by atoms with Crippen molar-refractivity contribution in [2.75, 3.05) is 6.61 Å². The summed E-state index contributed by atoms with van der Waals surface area (Å²) >= 11 is 0. The van der Waals surface area contributed by atoms with E-state index in [9.17, 15) is 14.0 Å². The fraction of sp³-hybridized carbons (Fsp3) is 0.333. The zero-order valence-corrected chi connectivity index (χ0v) is 21.5. The lowest BCUT2D eigenvalue weighted by molar-refractivity contribution is -0.143. The van der Waals surface area contributed by atoms with Crippen LogP contribution in [0.4, 0.5) is 4.39 Å². The van der Waals surface area contributed by atoms with E-state index in [1.54, 1.807) is 17.0 Å². The molecule has 3 aromatic rings. The topological polar surface area (TPSA) is 58.6 Å². The Balaban J connectivity index is 1.92. The van der Waals surface area contributed by atoms with Gasteiger partial charge in [-0.2, -0.15) is 0 Å². The second kappa shape index (κ2) is 12.9. The summed E-state index contributed by atoms with van der Waals surface area (Å²) < 4.78 is 19.5. The number of hydrogen-bond donors (Lipinski definition) is 1. The lowest BCUT2D eigenvalue weighted by atomic mass is 10.0. The average molecular weight is 491 g/mol. The fourth-order valence-electron chi connectivity index (χ4n) is 3.88. The minimum absolute atomic E-state index is 0.0373. The number of nitrogens with one attached hydrogen (secondary N) is 1. The number of amides is 2. The Kier molecular flexibility index (Phi) is 9.62. The Labute approximate surface area is 213 Å². The van der Waals surface area contributed by atoms with Crippen LogP contribution < -0.4 is 10.1 Å². The van der Waals surface area contributed by atoms with Crippen molar-refractivity contribution in [2.24, 2.45) is 0 Å². The molecule has 6 heteroatoms. The predicted molar refractivity (Wildman–Crippen MR) is 140 cm³/mol. The molecule has 0 fully saturated rings. The highest BCUT2D eigenvalue weighted by Crippen LogP contribution is 2.21. The van der Waals surface area contributed by atoms with Crippen molar-refractivity contribution in [3.8, 4) is 5.75 Å². The summed E-state index contributed by atoms with van der Waals surface area (Å²) in [5.74, 6) is -0.269. The normalized spacial score (nSPS) is 12.5. The summed E-state index contributed by atoms with van der Waals surface area (Å²) in [7, 11) is 0. The van der Waals surface area contributed by atoms with Crippen molar-refractivity contribution < 1.29 is 18.7 Å². The van der Waals surface area contributed by atoms with Gasteiger partial charge in [-0.15, -0.1) is 0 Å². The van der Waals surface area contributed by atoms with Gasteiger partial charge >= 0.3 is 0 Å². The summed E-state index contributed by atoms with van der Waals surface area (Å²) in [6.07, 6.45) is 1.12. The maximum Gasteiger partial charge on any atom is 0.261 e. The zero-order chi connectivity index (χ0) is 26.1. The van der Waals surface area contributed by atoms with Crippen LogP contribution in [0.15, 0.2) is 72.8 Å². The monoisotopic (exact) mass is 490 g/mol. The van der Waals surface area contributed by atoms with Crippen molar-refractivity contribution in [2.45, 2.75) is 59.2 Å². The average Bonchev–Trinajstić information content (AvgIpc) is 2.88. The van der Waals surface area contributed by atoms with Gasteiger partial charge in [0.25, 0.3) is 5.91 Å². The smallest absolute Gasteiger partial charge is 0.261 e. The molecule has 0 spiro atoms. The predicted octanol–water partition coefficient (Wildman–Crippen LogP) is 5.38. The Morgan fingerprint density at radius 1 is 0.944 bits per heavy atom. The number of rotatable bonds is 11. The molecule has 3 rings (SSSR count). The molecule has 0 aliphatic heterocycles. The number of hydrogen-bond acceptors (Lipinski definition) is 3. The Bertz CT molecular complexity index is 1150. The molecule has 1 N–H and O–H groups in total. The molecule has 0 aromatic heterocycles. The Morgan fingerprint density at radius 2 is 1.64 bits per heavy atom. The highest BCUT2D eigenvalue weighted by atomic mass is 19.1. The highest BCUT2D eigenvalue weighted by Gasteiger charge is 2.31. The van der Waals surface area contributed by atoms with Crippen LogP contribution in [0.5, 0.6) is 5.75 Å². The van der Waals surface area contributed by atoms with Crippen LogP contribution in [0, 0.1) is 19.7 Å². The Morgan fingerprint density at radius 3 is 2.31 bits per heavy atom. The van der Waals surface area contributed by atoms with Crippen LogP contribution >= 0.6 is 0 Å². The first-order valence-corrected chi connectivity index (χ1v) is 12.4. The van der Waals surface area contributed by atoms with Crippen LogP contribution in [0.3, 0.4) is 0 Å². The van der Waals surface area contributed by atoms with Crippen LogP contribution in [0.1, 0.15) is 42.5 Å². The lowest BCUT2D eigenvalue weighted by Crippen LogP contribution is -2.53. The van der Waals surface area contributed by atoms with E-state index >= 15 is 0 Å². The summed E-state index contributed by atoms with van der Waals surface area (Å²) in [6, 6.07) is 20.5. The van der Waals surface area contributed by atoms with E-state index in [0.717, 1.165) is 28.7 Å². The molecular weight excluding hydrogens is 455 g/mol. The van der Waals surface area contributed by atoms with Gasteiger partial charge in [0.1, 0.15) is 17.6 Å². The van der Waals surface area contributed by atoms with Crippen LogP contribution in [0.2, 0.25) is 0 Å². The van der Waals surface area contributed by atoms with Gasteiger partial charge < -0.3 is 15.0 Å². The molecule has 0 aliphatic rings. The van der Waals surface area contributed by atoms with Gasteiger partial charge in [0.15, 0.2) is 6.61 Å². The number of benzene rings is 3. The molecule has 0 unspecified atom stereocenters. The van der Waals surface area contributed by atoms with E-state index in [-0.39, 0.29) is 36.8 Å². The minimum Gasteiger partial charge on any atom is -0.483 e. The molecule has 0 heterocycles. The Hall–Kier alpha value is -3.67. The van der Waals surface area contributed by atoms with Gasteiger partial charge in [0.05, 0.1) is 0 Å². The molecule has 0 saturated carbocycles. The third-order valence-electron chi connectivity index (χ3n) is 6.44. The summed E-state index contributed by atoms with van der Waals surface area (Å²) in [5.41, 5.74) is 3.70. The quantitative estimate of drug-likeness (QED) is 0.393. The largest absolute Gasteiger partial charge is 0.483 e. The maximum atomic E-state index is 13.6. The molecule has 3 aromatic carbocycles. The second-order valence-electron chi connectivity index (χ2n) is 9.16. The molecular formula is C30H35FN2O3. The van der Waals surface area contributed by atoms with Gasteiger partial charge in [-0.05, 0) is 67.6 Å². The number of carbonyl (C=O) groups excluding carboxylic acids is 2. The maximum absolute atomic E-state index is 13.6. The van der Waals surface area contributed by atoms with Crippen molar-refractivity contribution in [1.82, 2.24) is 10.2 Å². The van der Waals surface area contributed by atoms with Gasteiger partial charge in [0, 0.05) is 19.0 Å². The van der Waals surface area contributed by atoms with Gasteiger partial charge in [-0.3, -0.25) is 9.59 Å². The summed E-state index contributed by atoms with van der Waals surface area (Å²) in [6.45, 7) is 7.81. The number of carbonyl (C=O) groups is 2. The van der Waals surface area contributed by atoms with E-state index in [1.807, 2.05) is 76.2 Å². The van der Waals surface area contributed by atoms with Gasteiger partial charge in [-0.1, -0.05) is 61.5 Å². The molecule has 0 bridgehead atoms. The molecule has 36 heavy (non-hydrogen) atoms. The van der Waals surface area contributed by atoms with E-state index < -0.39 is 6.04 Å². The summed E-state index contributed by atoms with van der Waals surface area (Å²) in [4.78, 5) is 28.6. The highest BCUT2D eigenvalue weighted by molar-refractivity contribution is 5.88. The number of ether oxygens (including phenoxy) is 1. The first kappa shape index (κ1) is 26.9. The second-order valence-corrected chi connectivity index (χ2v) is 9.16. The lowest BCUT2D eigenvalue weighted by Gasteiger charge is -2.32. The van der Waals surface area contributed by atoms with E-state index in [1.165, 1.54) is 12.1 Å². The fourth-order valence-corrected chi connectivity index (χ4v) is 3.88. The van der Waals surface area contributed by atoms with Crippen LogP contribution in [-0.2, 0) is 22.6 Å². The number of nitrogens with zero attached hydrogens (tertiary/aromatic N) is 1. The van der Waals surface area contributed by atoms with Crippen LogP contribution in [0.25, 0.3) is 0 Å². The standard InChI is InChI=1S/C30H35FN2O3/c1-5-22(3)32-30(35)27(18-24-11-7-6-8-12-24)33(19-25-14-16-26(31)17-15-25)29(34)20-36-28-13-9-10-21(2)23(28)4/h6-17,22,27H,5,18-20H2,1-4H3,(H,32,35)/t22-,27+/m0/s1. The number of halogens is 1. The molecule has 5 nitrogen and oxygen atoms in total. The third-order valence-corrected chi connectivity index (χ3v) is 6.44. The number of aryl methyl sites for hydroxylation is 1. The first-order chi connectivity index (χ1) is 17.3. The van der Waals surface area contributed by atoms with Crippen molar-refractivity contribution in [3.05, 3.63) is 101 Å². The summed E-state index contributed by atoms with van der Waals surface area (Å²) in [5, 5.41) is 3.04. The first-order valence-electron chi connectivity index (χ1n) is 12.4. The van der Waals surface area contributed by atoms with Crippen LogP contribution in [-0.4, -0.2) is 35.4 Å². The van der Waals surface area contributed by atoms with Gasteiger partial charge in [-0.25, -0.2) is 4.39 Å².